The number of nitrogens with zero attached hydrogens (tertiary/aromatic N) is 3. The van der Waals surface area contributed by atoms with Gasteiger partial charge >= 0.3 is 12.0 Å². The maximum Gasteiger partial charge on any atom is 0.350 e. The highest BCUT2D eigenvalue weighted by Gasteiger charge is 2.43. The molecular formula is C16H16N4O3S. The third-order valence-corrected chi connectivity index (χ3v) is 5.52. The average Bonchev–Trinajstić information content (AvgIpc) is 3.18. The van der Waals surface area contributed by atoms with Gasteiger partial charge < -0.3 is 15.0 Å². The van der Waals surface area contributed by atoms with Crippen LogP contribution < -0.4 is 5.32 Å². The first-order valence-corrected chi connectivity index (χ1v) is 8.61. The second kappa shape index (κ2) is 5.86. The highest BCUT2D eigenvalue weighted by molar-refractivity contribution is 7.12. The molecule has 2 aliphatic rings. The molecule has 1 fully saturated rings. The average molecular weight is 344 g/mol. The molecule has 1 N–H and O–H groups in total. The van der Waals surface area contributed by atoms with Crippen LogP contribution in [0.4, 0.5) is 10.5 Å². The molecule has 0 radical (unpaired) electrons. The fourth-order valence-electron chi connectivity index (χ4n) is 3.57. The standard InChI is InChI=1S/C16H16N4O3S/c1-23-15(21)14-11(4-5-24-14)19-16(22)20-9-2-3-13(20)10-7-17-8-18-12(10)6-9/h4-5,7-9,13H,2-3,6H2,1H3,(H,19,22)/t9-,13+/m0/s1. The van der Waals surface area contributed by atoms with E-state index in [0.29, 0.717) is 10.6 Å². The van der Waals surface area contributed by atoms with Crippen molar-refractivity contribution in [3.63, 3.8) is 0 Å². The second-order valence-corrected chi connectivity index (χ2v) is 6.78. The van der Waals surface area contributed by atoms with Gasteiger partial charge in [-0.15, -0.1) is 11.3 Å². The highest BCUT2D eigenvalue weighted by atomic mass is 32.1. The number of nitrogens with one attached hydrogen (secondary N) is 1. The van der Waals surface area contributed by atoms with E-state index in [0.717, 1.165) is 30.5 Å². The number of carbonyl (C=O) groups excluding carboxylic acids is 2. The summed E-state index contributed by atoms with van der Waals surface area (Å²) in [6.07, 6.45) is 5.96. The number of fused-ring (bicyclic) bond motifs is 4. The summed E-state index contributed by atoms with van der Waals surface area (Å²) in [6.45, 7) is 0. The molecule has 0 unspecified atom stereocenters. The molecule has 0 aromatic carbocycles. The van der Waals surface area contributed by atoms with Crippen LogP contribution in [-0.2, 0) is 11.2 Å². The molecule has 8 heteroatoms. The van der Waals surface area contributed by atoms with Gasteiger partial charge in [0.15, 0.2) is 0 Å². The molecule has 2 amide bonds. The maximum absolute atomic E-state index is 12.8. The molecule has 2 aromatic rings. The van der Waals surface area contributed by atoms with Crippen molar-refractivity contribution in [3.8, 4) is 0 Å². The summed E-state index contributed by atoms with van der Waals surface area (Å²) in [7, 11) is 1.33. The zero-order valence-corrected chi connectivity index (χ0v) is 13.9. The molecule has 24 heavy (non-hydrogen) atoms. The van der Waals surface area contributed by atoms with Gasteiger partial charge in [0.05, 0.1) is 24.5 Å². The number of urea groups is 1. The van der Waals surface area contributed by atoms with Crippen LogP contribution >= 0.6 is 11.3 Å². The van der Waals surface area contributed by atoms with Gasteiger partial charge in [0.2, 0.25) is 0 Å². The lowest BCUT2D eigenvalue weighted by atomic mass is 10.00. The molecule has 2 aromatic heterocycles. The summed E-state index contributed by atoms with van der Waals surface area (Å²) in [5.74, 6) is -0.444. The van der Waals surface area contributed by atoms with Gasteiger partial charge in [0.25, 0.3) is 0 Å². The minimum atomic E-state index is -0.444. The predicted octanol–water partition coefficient (Wildman–Crippen LogP) is 2.62. The van der Waals surface area contributed by atoms with E-state index in [1.807, 2.05) is 4.90 Å². The summed E-state index contributed by atoms with van der Waals surface area (Å²) in [4.78, 5) is 35.3. The van der Waals surface area contributed by atoms with Crippen molar-refractivity contribution < 1.29 is 14.3 Å². The van der Waals surface area contributed by atoms with E-state index >= 15 is 0 Å². The van der Waals surface area contributed by atoms with Gasteiger partial charge in [-0.3, -0.25) is 0 Å². The van der Waals surface area contributed by atoms with Gasteiger partial charge in [-0.25, -0.2) is 19.6 Å². The van der Waals surface area contributed by atoms with Crippen molar-refractivity contribution in [2.24, 2.45) is 0 Å². The molecule has 4 heterocycles. The van der Waals surface area contributed by atoms with Crippen LogP contribution in [0.25, 0.3) is 0 Å². The zero-order chi connectivity index (χ0) is 16.7. The molecule has 0 aliphatic carbocycles. The smallest absolute Gasteiger partial charge is 0.350 e. The molecule has 1 saturated heterocycles. The fraction of sp³-hybridized carbons (Fsp3) is 0.375. The van der Waals surface area contributed by atoms with Crippen LogP contribution in [0.1, 0.15) is 39.8 Å². The molecule has 0 saturated carbocycles. The molecule has 2 aliphatic heterocycles. The number of hydrogen-bond acceptors (Lipinski definition) is 6. The molecule has 2 atom stereocenters. The zero-order valence-electron chi connectivity index (χ0n) is 13.1. The number of methoxy groups -OCH3 is 1. The van der Waals surface area contributed by atoms with Crippen molar-refractivity contribution in [2.45, 2.75) is 31.3 Å². The lowest BCUT2D eigenvalue weighted by Crippen LogP contribution is -2.44. The fourth-order valence-corrected chi connectivity index (χ4v) is 4.34. The Labute approximate surface area is 142 Å². The van der Waals surface area contributed by atoms with Gasteiger partial charge in [-0.1, -0.05) is 0 Å². The largest absolute Gasteiger partial charge is 0.465 e. The number of rotatable bonds is 2. The number of ether oxygens (including phenoxy) is 1. The summed E-state index contributed by atoms with van der Waals surface area (Å²) < 4.78 is 4.75. The van der Waals surface area contributed by atoms with E-state index < -0.39 is 5.97 Å². The van der Waals surface area contributed by atoms with Crippen molar-refractivity contribution >= 4 is 29.0 Å². The Kier molecular flexibility index (Phi) is 3.68. The summed E-state index contributed by atoms with van der Waals surface area (Å²) in [5, 5.41) is 4.62. The van der Waals surface area contributed by atoms with E-state index in [9.17, 15) is 9.59 Å². The number of aromatic nitrogens is 2. The Balaban J connectivity index is 1.58. The number of esters is 1. The molecule has 4 rings (SSSR count). The van der Waals surface area contributed by atoms with Crippen LogP contribution in [-0.4, -0.2) is 40.0 Å². The van der Waals surface area contributed by atoms with Gasteiger partial charge in [0.1, 0.15) is 11.2 Å². The van der Waals surface area contributed by atoms with E-state index in [2.05, 4.69) is 15.3 Å². The lowest BCUT2D eigenvalue weighted by molar-refractivity contribution is 0.0607. The first kappa shape index (κ1) is 15.1. The van der Waals surface area contributed by atoms with Gasteiger partial charge in [-0.05, 0) is 24.3 Å². The van der Waals surface area contributed by atoms with Crippen molar-refractivity contribution in [1.29, 1.82) is 0 Å². The monoisotopic (exact) mass is 344 g/mol. The van der Waals surface area contributed by atoms with Crippen molar-refractivity contribution in [2.75, 3.05) is 12.4 Å². The molecule has 124 valence electrons. The Morgan fingerprint density at radius 1 is 1.42 bits per heavy atom. The minimum absolute atomic E-state index is 0.000150. The van der Waals surface area contributed by atoms with E-state index in [4.69, 9.17) is 4.74 Å². The number of hydrogen-bond donors (Lipinski definition) is 1. The quantitative estimate of drug-likeness (QED) is 0.847. The molecule has 7 nitrogen and oxygen atoms in total. The number of thiophene rings is 1. The predicted molar refractivity (Wildman–Crippen MR) is 88.0 cm³/mol. The maximum atomic E-state index is 12.8. The Morgan fingerprint density at radius 2 is 2.29 bits per heavy atom. The Hall–Kier alpha value is -2.48. The van der Waals surface area contributed by atoms with Crippen molar-refractivity contribution in [3.05, 3.63) is 40.1 Å². The number of anilines is 1. The van der Waals surface area contributed by atoms with Crippen LogP contribution in [0.2, 0.25) is 0 Å². The second-order valence-electron chi connectivity index (χ2n) is 5.87. The Bertz CT molecular complexity index is 806. The topological polar surface area (TPSA) is 84.4 Å². The lowest BCUT2D eigenvalue weighted by Gasteiger charge is -2.35. The summed E-state index contributed by atoms with van der Waals surface area (Å²) in [6, 6.07) is 1.66. The highest BCUT2D eigenvalue weighted by Crippen LogP contribution is 2.43. The third kappa shape index (κ3) is 2.34. The van der Waals surface area contributed by atoms with Gasteiger partial charge in [0, 0.05) is 24.2 Å². The van der Waals surface area contributed by atoms with E-state index in [1.54, 1.807) is 24.0 Å². The molecule has 2 bridgehead atoms. The SMILES string of the molecule is COC(=O)c1sccc1NC(=O)N1[C@H]2CC[C@@H]1c1cncnc1C2. The van der Waals surface area contributed by atoms with E-state index in [-0.39, 0.29) is 18.1 Å². The van der Waals surface area contributed by atoms with E-state index in [1.165, 1.54) is 18.4 Å². The molecule has 0 spiro atoms. The van der Waals surface area contributed by atoms with Crippen LogP contribution in [0.15, 0.2) is 24.0 Å². The van der Waals surface area contributed by atoms with Gasteiger partial charge in [-0.2, -0.15) is 0 Å². The van der Waals surface area contributed by atoms with Crippen LogP contribution in [0.3, 0.4) is 0 Å². The van der Waals surface area contributed by atoms with Crippen LogP contribution in [0, 0.1) is 0 Å². The summed E-state index contributed by atoms with van der Waals surface area (Å²) in [5.41, 5.74) is 2.55. The normalized spacial score (nSPS) is 21.3. The minimum Gasteiger partial charge on any atom is -0.465 e. The van der Waals surface area contributed by atoms with Crippen LogP contribution in [0.5, 0.6) is 0 Å². The third-order valence-electron chi connectivity index (χ3n) is 4.63. The summed E-state index contributed by atoms with van der Waals surface area (Å²) >= 11 is 1.25. The van der Waals surface area contributed by atoms with Crippen molar-refractivity contribution in [1.82, 2.24) is 14.9 Å². The first-order valence-electron chi connectivity index (χ1n) is 7.73. The number of carbonyl (C=O) groups is 2. The first-order chi connectivity index (χ1) is 11.7. The molecular weight excluding hydrogens is 328 g/mol. The Morgan fingerprint density at radius 3 is 3.12 bits per heavy atom. The number of amides is 2.